The van der Waals surface area contributed by atoms with E-state index in [9.17, 15) is 0 Å². The van der Waals surface area contributed by atoms with Crippen LogP contribution in [0.25, 0.3) is 0 Å². The molecule has 0 aliphatic rings. The minimum atomic E-state index is 0.628. The van der Waals surface area contributed by atoms with Gasteiger partial charge in [-0.15, -0.1) is 0 Å². The Morgan fingerprint density at radius 2 is 1.83 bits per heavy atom. The minimum absolute atomic E-state index is 0.628. The van der Waals surface area contributed by atoms with E-state index in [1.807, 2.05) is 0 Å². The van der Waals surface area contributed by atoms with E-state index in [0.29, 0.717) is 5.92 Å². The minimum Gasteiger partial charge on any atom is -0.493 e. The molecule has 0 heterocycles. The molecule has 18 heavy (non-hydrogen) atoms. The van der Waals surface area contributed by atoms with Gasteiger partial charge in [0.25, 0.3) is 0 Å². The first kappa shape index (κ1) is 15.0. The molecule has 1 atom stereocenters. The van der Waals surface area contributed by atoms with Crippen molar-refractivity contribution < 1.29 is 4.74 Å². The van der Waals surface area contributed by atoms with Crippen LogP contribution in [0.1, 0.15) is 39.2 Å². The third-order valence-electron chi connectivity index (χ3n) is 3.17. The molecule has 0 aliphatic carbocycles. The highest BCUT2D eigenvalue weighted by molar-refractivity contribution is 5.27. The maximum absolute atomic E-state index is 5.74. The van der Waals surface area contributed by atoms with Gasteiger partial charge in [-0.1, -0.05) is 39.3 Å². The van der Waals surface area contributed by atoms with Crippen LogP contribution in [0.2, 0.25) is 0 Å². The van der Waals surface area contributed by atoms with E-state index in [1.165, 1.54) is 18.4 Å². The molecule has 0 aromatic heterocycles. The summed E-state index contributed by atoms with van der Waals surface area (Å²) in [6.45, 7) is 9.58. The third kappa shape index (κ3) is 6.06. The fourth-order valence-corrected chi connectivity index (χ4v) is 1.64. The maximum Gasteiger partial charge on any atom is 0.119 e. The standard InChI is InChI=1S/C16H27NO/c1-4-11-17-12-10-15-6-8-16(9-7-15)18-13-14(3)5-2/h6-9,14,17H,4-5,10-13H2,1-3H3/t14-/m0/s1. The largest absolute Gasteiger partial charge is 0.493 e. The Bertz CT molecular complexity index is 307. The first-order chi connectivity index (χ1) is 8.76. The topological polar surface area (TPSA) is 21.3 Å². The number of rotatable bonds is 9. The molecule has 102 valence electrons. The van der Waals surface area contributed by atoms with Crippen molar-refractivity contribution in [3.8, 4) is 5.75 Å². The molecule has 0 spiro atoms. The van der Waals surface area contributed by atoms with Gasteiger partial charge in [-0.05, 0) is 49.5 Å². The summed E-state index contributed by atoms with van der Waals surface area (Å²) in [5.41, 5.74) is 1.37. The van der Waals surface area contributed by atoms with Crippen molar-refractivity contribution in [1.29, 1.82) is 0 Å². The smallest absolute Gasteiger partial charge is 0.119 e. The Morgan fingerprint density at radius 1 is 1.11 bits per heavy atom. The first-order valence-electron chi connectivity index (χ1n) is 7.18. The molecule has 1 N–H and O–H groups in total. The van der Waals surface area contributed by atoms with Crippen molar-refractivity contribution in [2.45, 2.75) is 40.0 Å². The van der Waals surface area contributed by atoms with Gasteiger partial charge in [-0.2, -0.15) is 0 Å². The summed E-state index contributed by atoms with van der Waals surface area (Å²) in [6.07, 6.45) is 3.45. The van der Waals surface area contributed by atoms with E-state index < -0.39 is 0 Å². The Balaban J connectivity index is 2.28. The molecule has 2 heteroatoms. The van der Waals surface area contributed by atoms with Gasteiger partial charge in [-0.3, -0.25) is 0 Å². The normalized spacial score (nSPS) is 12.4. The number of nitrogens with one attached hydrogen (secondary N) is 1. The second-order valence-corrected chi connectivity index (χ2v) is 4.97. The summed E-state index contributed by atoms with van der Waals surface area (Å²) in [6, 6.07) is 8.49. The van der Waals surface area contributed by atoms with Crippen molar-refractivity contribution in [3.05, 3.63) is 29.8 Å². The van der Waals surface area contributed by atoms with Gasteiger partial charge in [0.15, 0.2) is 0 Å². The number of ether oxygens (including phenoxy) is 1. The lowest BCUT2D eigenvalue weighted by Gasteiger charge is -2.11. The number of benzene rings is 1. The predicted octanol–water partition coefficient (Wildman–Crippen LogP) is 3.65. The average molecular weight is 249 g/mol. The van der Waals surface area contributed by atoms with E-state index in [0.717, 1.165) is 31.9 Å². The van der Waals surface area contributed by atoms with Crippen LogP contribution in [-0.4, -0.2) is 19.7 Å². The zero-order valence-electron chi connectivity index (χ0n) is 12.0. The summed E-state index contributed by atoms with van der Waals surface area (Å²) < 4.78 is 5.74. The van der Waals surface area contributed by atoms with Crippen LogP contribution in [0.5, 0.6) is 5.75 Å². The lowest BCUT2D eigenvalue weighted by molar-refractivity contribution is 0.256. The fourth-order valence-electron chi connectivity index (χ4n) is 1.64. The molecule has 0 unspecified atom stereocenters. The Kier molecular flexibility index (Phi) is 7.51. The molecule has 1 aromatic carbocycles. The number of hydrogen-bond donors (Lipinski definition) is 1. The van der Waals surface area contributed by atoms with Crippen molar-refractivity contribution in [3.63, 3.8) is 0 Å². The summed E-state index contributed by atoms with van der Waals surface area (Å²) in [4.78, 5) is 0. The molecule has 1 rings (SSSR count). The maximum atomic E-state index is 5.74. The second kappa shape index (κ2) is 8.98. The highest BCUT2D eigenvalue weighted by Gasteiger charge is 2.00. The van der Waals surface area contributed by atoms with Crippen molar-refractivity contribution in [2.24, 2.45) is 5.92 Å². The molecule has 0 saturated heterocycles. The second-order valence-electron chi connectivity index (χ2n) is 4.97. The van der Waals surface area contributed by atoms with Gasteiger partial charge in [-0.25, -0.2) is 0 Å². The van der Waals surface area contributed by atoms with Crippen LogP contribution in [0.4, 0.5) is 0 Å². The average Bonchev–Trinajstić information content (AvgIpc) is 2.42. The molecular formula is C16H27NO. The van der Waals surface area contributed by atoms with E-state index in [1.54, 1.807) is 0 Å². The lowest BCUT2D eigenvalue weighted by atomic mass is 10.1. The summed E-state index contributed by atoms with van der Waals surface area (Å²) >= 11 is 0. The van der Waals surface area contributed by atoms with Crippen molar-refractivity contribution in [2.75, 3.05) is 19.7 Å². The highest BCUT2D eigenvalue weighted by atomic mass is 16.5. The summed E-state index contributed by atoms with van der Waals surface area (Å²) in [5, 5.41) is 3.41. The van der Waals surface area contributed by atoms with Crippen molar-refractivity contribution >= 4 is 0 Å². The summed E-state index contributed by atoms with van der Waals surface area (Å²) in [5.74, 6) is 1.61. The Labute approximate surface area is 112 Å². The number of hydrogen-bond acceptors (Lipinski definition) is 2. The lowest BCUT2D eigenvalue weighted by Crippen LogP contribution is -2.17. The zero-order valence-corrected chi connectivity index (χ0v) is 12.0. The van der Waals surface area contributed by atoms with Gasteiger partial charge in [0.1, 0.15) is 5.75 Å². The SMILES string of the molecule is CCCNCCc1ccc(OC[C@@H](C)CC)cc1. The Hall–Kier alpha value is -1.02. The predicted molar refractivity (Wildman–Crippen MR) is 78.3 cm³/mol. The van der Waals surface area contributed by atoms with Gasteiger partial charge in [0.05, 0.1) is 6.61 Å². The van der Waals surface area contributed by atoms with E-state index in [2.05, 4.69) is 50.4 Å². The molecule has 0 fully saturated rings. The van der Waals surface area contributed by atoms with Crippen LogP contribution in [0, 0.1) is 5.92 Å². The van der Waals surface area contributed by atoms with Crippen LogP contribution in [0.3, 0.4) is 0 Å². The molecule has 0 saturated carbocycles. The summed E-state index contributed by atoms with van der Waals surface area (Å²) in [7, 11) is 0. The highest BCUT2D eigenvalue weighted by Crippen LogP contribution is 2.14. The van der Waals surface area contributed by atoms with E-state index in [-0.39, 0.29) is 0 Å². The van der Waals surface area contributed by atoms with Gasteiger partial charge >= 0.3 is 0 Å². The molecule has 0 bridgehead atoms. The van der Waals surface area contributed by atoms with Crippen LogP contribution < -0.4 is 10.1 Å². The zero-order chi connectivity index (χ0) is 13.2. The van der Waals surface area contributed by atoms with E-state index in [4.69, 9.17) is 4.74 Å². The molecule has 0 amide bonds. The van der Waals surface area contributed by atoms with E-state index >= 15 is 0 Å². The fraction of sp³-hybridized carbons (Fsp3) is 0.625. The molecule has 0 radical (unpaired) electrons. The van der Waals surface area contributed by atoms with Gasteiger partial charge in [0, 0.05) is 0 Å². The third-order valence-corrected chi connectivity index (χ3v) is 3.17. The molecule has 1 aromatic rings. The molecular weight excluding hydrogens is 222 g/mol. The van der Waals surface area contributed by atoms with Gasteiger partial charge < -0.3 is 10.1 Å². The first-order valence-corrected chi connectivity index (χ1v) is 7.18. The van der Waals surface area contributed by atoms with Crippen LogP contribution >= 0.6 is 0 Å². The van der Waals surface area contributed by atoms with Gasteiger partial charge in [0.2, 0.25) is 0 Å². The monoisotopic (exact) mass is 249 g/mol. The van der Waals surface area contributed by atoms with Crippen LogP contribution in [-0.2, 0) is 6.42 Å². The quantitative estimate of drug-likeness (QED) is 0.674. The Morgan fingerprint density at radius 3 is 2.44 bits per heavy atom. The van der Waals surface area contributed by atoms with Crippen molar-refractivity contribution in [1.82, 2.24) is 5.32 Å². The van der Waals surface area contributed by atoms with Crippen LogP contribution in [0.15, 0.2) is 24.3 Å². The molecule has 0 aliphatic heterocycles. The molecule has 2 nitrogen and oxygen atoms in total.